The number of hydrogen-bond donors (Lipinski definition) is 3. The highest BCUT2D eigenvalue weighted by Crippen LogP contribution is 2.32. The molecule has 0 bridgehead atoms. The van der Waals surface area contributed by atoms with Crippen molar-refractivity contribution in [1.82, 2.24) is 0 Å². The summed E-state index contributed by atoms with van der Waals surface area (Å²) < 4.78 is 0. The second kappa shape index (κ2) is 6.03. The van der Waals surface area contributed by atoms with Crippen LogP contribution in [0.15, 0.2) is 30.3 Å². The summed E-state index contributed by atoms with van der Waals surface area (Å²) >= 11 is 1.37. The van der Waals surface area contributed by atoms with Crippen molar-refractivity contribution in [2.75, 3.05) is 18.5 Å². The molecule has 0 atom stereocenters. The van der Waals surface area contributed by atoms with E-state index in [4.69, 9.17) is 11.5 Å². The Labute approximate surface area is 104 Å². The first-order valence-electron chi connectivity index (χ1n) is 4.99. The first-order chi connectivity index (χ1) is 8.20. The van der Waals surface area contributed by atoms with E-state index in [1.54, 1.807) is 6.07 Å². The summed E-state index contributed by atoms with van der Waals surface area (Å²) in [6, 6.07) is 9.29. The lowest BCUT2D eigenvalue weighted by Gasteiger charge is -1.97. The quantitative estimate of drug-likeness (QED) is 0.560. The number of anilines is 2. The van der Waals surface area contributed by atoms with Crippen LogP contribution in [0.3, 0.4) is 0 Å². The Bertz CT molecular complexity index is 508. The Morgan fingerprint density at radius 3 is 2.41 bits per heavy atom. The summed E-state index contributed by atoms with van der Waals surface area (Å²) in [6.07, 6.45) is 0.774. The molecule has 0 aliphatic rings. The van der Waals surface area contributed by atoms with E-state index < -0.39 is 0 Å². The fourth-order valence-corrected chi connectivity index (χ4v) is 2.24. The average molecular weight is 249 g/mol. The zero-order chi connectivity index (χ0) is 12.8. The van der Waals surface area contributed by atoms with Gasteiger partial charge in [0.2, 0.25) is 0 Å². The molecular weight excluding hydrogens is 234 g/mol. The van der Waals surface area contributed by atoms with Crippen molar-refractivity contribution in [3.05, 3.63) is 35.2 Å². The molecule has 1 aromatic carbocycles. The highest BCUT2D eigenvalue weighted by molar-refractivity contribution is 7.17. The fraction of sp³-hybridized carbons (Fsp3) is 0.0833. The Morgan fingerprint density at radius 2 is 1.88 bits per heavy atom. The Kier molecular flexibility index (Phi) is 4.68. The molecule has 5 heteroatoms. The van der Waals surface area contributed by atoms with Gasteiger partial charge in [0.1, 0.15) is 0 Å². The number of thiophene rings is 1. The predicted molar refractivity (Wildman–Crippen MR) is 74.1 cm³/mol. The minimum absolute atomic E-state index is 0.521. The highest BCUT2D eigenvalue weighted by atomic mass is 32.1. The molecular formula is C12H15N3OS. The number of carbonyl (C=O) groups excluding carboxylic acids is 1. The topological polar surface area (TPSA) is 95.1 Å². The van der Waals surface area contributed by atoms with Crippen molar-refractivity contribution in [2.45, 2.75) is 0 Å². The molecule has 0 amide bonds. The molecule has 2 rings (SSSR count). The zero-order valence-corrected chi connectivity index (χ0v) is 10.3. The van der Waals surface area contributed by atoms with E-state index in [9.17, 15) is 4.79 Å². The summed E-state index contributed by atoms with van der Waals surface area (Å²) in [5, 5.41) is 0. The molecule has 90 valence electrons. The molecule has 0 saturated carbocycles. The van der Waals surface area contributed by atoms with Crippen LogP contribution in [-0.4, -0.2) is 13.3 Å². The van der Waals surface area contributed by atoms with Crippen LogP contribution < -0.4 is 17.2 Å². The summed E-state index contributed by atoms with van der Waals surface area (Å²) in [4.78, 5) is 12.2. The van der Waals surface area contributed by atoms with Crippen molar-refractivity contribution in [3.63, 3.8) is 0 Å². The second-order valence-corrected chi connectivity index (χ2v) is 4.26. The first-order valence-corrected chi connectivity index (χ1v) is 5.80. The lowest BCUT2D eigenvalue weighted by molar-refractivity contribution is 0.112. The third-order valence-electron chi connectivity index (χ3n) is 2.07. The predicted octanol–water partition coefficient (Wildman–Crippen LogP) is 1.97. The van der Waals surface area contributed by atoms with Gasteiger partial charge in [-0.25, -0.2) is 0 Å². The molecule has 0 unspecified atom stereocenters. The molecule has 2 aromatic rings. The molecule has 4 nitrogen and oxygen atoms in total. The van der Waals surface area contributed by atoms with Crippen LogP contribution in [0.25, 0.3) is 10.4 Å². The smallest absolute Gasteiger partial charge is 0.162 e. The SMILES string of the molecule is CN.Nc1cccc(-c2cc(N)c(C=O)s2)c1. The van der Waals surface area contributed by atoms with Crippen molar-refractivity contribution in [3.8, 4) is 10.4 Å². The van der Waals surface area contributed by atoms with Crippen LogP contribution in [0, 0.1) is 0 Å². The van der Waals surface area contributed by atoms with Crippen LogP contribution in [-0.2, 0) is 0 Å². The van der Waals surface area contributed by atoms with E-state index >= 15 is 0 Å². The summed E-state index contributed by atoms with van der Waals surface area (Å²) in [5.41, 5.74) is 18.1. The van der Waals surface area contributed by atoms with Gasteiger partial charge in [0, 0.05) is 10.6 Å². The third kappa shape index (κ3) is 3.05. The fourth-order valence-electron chi connectivity index (χ4n) is 1.35. The number of benzene rings is 1. The highest BCUT2D eigenvalue weighted by Gasteiger charge is 2.07. The van der Waals surface area contributed by atoms with E-state index in [0.717, 1.165) is 16.7 Å². The van der Waals surface area contributed by atoms with E-state index in [2.05, 4.69) is 5.73 Å². The molecule has 0 aliphatic carbocycles. The Morgan fingerprint density at radius 1 is 1.18 bits per heavy atom. The summed E-state index contributed by atoms with van der Waals surface area (Å²) in [5.74, 6) is 0. The minimum Gasteiger partial charge on any atom is -0.399 e. The van der Waals surface area contributed by atoms with Gasteiger partial charge in [-0.3, -0.25) is 4.79 Å². The number of nitrogens with two attached hydrogens (primary N) is 3. The minimum atomic E-state index is 0.521. The summed E-state index contributed by atoms with van der Waals surface area (Å²) in [7, 11) is 1.50. The largest absolute Gasteiger partial charge is 0.399 e. The molecule has 0 spiro atoms. The van der Waals surface area contributed by atoms with Crippen molar-refractivity contribution < 1.29 is 4.79 Å². The van der Waals surface area contributed by atoms with E-state index in [1.807, 2.05) is 24.3 Å². The maximum Gasteiger partial charge on any atom is 0.162 e. The van der Waals surface area contributed by atoms with Gasteiger partial charge in [-0.1, -0.05) is 12.1 Å². The lowest BCUT2D eigenvalue weighted by atomic mass is 10.1. The van der Waals surface area contributed by atoms with Gasteiger partial charge in [-0.2, -0.15) is 0 Å². The van der Waals surface area contributed by atoms with Crippen molar-refractivity contribution >= 4 is 29.0 Å². The van der Waals surface area contributed by atoms with Gasteiger partial charge in [0.25, 0.3) is 0 Å². The maximum atomic E-state index is 10.6. The lowest BCUT2D eigenvalue weighted by Crippen LogP contribution is -1.84. The number of rotatable bonds is 2. The first kappa shape index (κ1) is 13.2. The number of aldehydes is 1. The third-order valence-corrected chi connectivity index (χ3v) is 3.19. The van der Waals surface area contributed by atoms with Crippen LogP contribution in [0.5, 0.6) is 0 Å². The number of hydrogen-bond acceptors (Lipinski definition) is 5. The Hall–Kier alpha value is -1.85. The van der Waals surface area contributed by atoms with Crippen LogP contribution >= 0.6 is 11.3 Å². The van der Waals surface area contributed by atoms with Gasteiger partial charge in [-0.05, 0) is 30.8 Å². The van der Waals surface area contributed by atoms with E-state index in [0.29, 0.717) is 16.3 Å². The molecule has 0 saturated heterocycles. The molecule has 0 fully saturated rings. The average Bonchev–Trinajstić information content (AvgIpc) is 2.73. The molecule has 0 radical (unpaired) electrons. The molecule has 1 heterocycles. The monoisotopic (exact) mass is 249 g/mol. The van der Waals surface area contributed by atoms with Crippen LogP contribution in [0.4, 0.5) is 11.4 Å². The van der Waals surface area contributed by atoms with E-state index in [-0.39, 0.29) is 0 Å². The normalized spacial score (nSPS) is 9.29. The van der Waals surface area contributed by atoms with Gasteiger partial charge < -0.3 is 17.2 Å². The number of nitrogen functional groups attached to an aromatic ring is 2. The maximum absolute atomic E-state index is 10.6. The molecule has 1 aromatic heterocycles. The number of carbonyl (C=O) groups is 1. The summed E-state index contributed by atoms with van der Waals surface area (Å²) in [6.45, 7) is 0. The van der Waals surface area contributed by atoms with Gasteiger partial charge in [0.05, 0.1) is 10.6 Å². The molecule has 6 N–H and O–H groups in total. The van der Waals surface area contributed by atoms with Gasteiger partial charge in [0.15, 0.2) is 6.29 Å². The van der Waals surface area contributed by atoms with Crippen molar-refractivity contribution in [1.29, 1.82) is 0 Å². The van der Waals surface area contributed by atoms with Gasteiger partial charge >= 0.3 is 0 Å². The molecule has 0 aliphatic heterocycles. The van der Waals surface area contributed by atoms with E-state index in [1.165, 1.54) is 18.4 Å². The van der Waals surface area contributed by atoms with Crippen LogP contribution in [0.1, 0.15) is 9.67 Å². The Balaban J connectivity index is 0.000000686. The van der Waals surface area contributed by atoms with Crippen LogP contribution in [0.2, 0.25) is 0 Å². The standard InChI is InChI=1S/C11H10N2OS.CH5N/c12-8-3-1-2-7(4-8)10-5-9(13)11(6-14)15-10;1-2/h1-6H,12-13H2;2H2,1H3. The van der Waals surface area contributed by atoms with Gasteiger partial charge in [-0.15, -0.1) is 11.3 Å². The second-order valence-electron chi connectivity index (χ2n) is 3.17. The van der Waals surface area contributed by atoms with Crippen molar-refractivity contribution in [2.24, 2.45) is 5.73 Å². The molecule has 17 heavy (non-hydrogen) atoms. The zero-order valence-electron chi connectivity index (χ0n) is 9.51.